The Morgan fingerprint density at radius 1 is 1.50 bits per heavy atom. The average molecular weight is 240 g/mol. The van der Waals surface area contributed by atoms with E-state index >= 15 is 0 Å². The molecule has 0 radical (unpaired) electrons. The van der Waals surface area contributed by atoms with Crippen LogP contribution in [0.25, 0.3) is 0 Å². The van der Waals surface area contributed by atoms with Crippen LogP contribution < -0.4 is 0 Å². The molecule has 3 unspecified atom stereocenters. The Balaban J connectivity index is 2.29. The van der Waals surface area contributed by atoms with E-state index in [1.165, 1.54) is 19.3 Å². The van der Waals surface area contributed by atoms with E-state index in [0.717, 1.165) is 16.4 Å². The summed E-state index contributed by atoms with van der Waals surface area (Å²) >= 11 is 5.30. The fourth-order valence-electron chi connectivity index (χ4n) is 2.93. The number of rotatable bonds is 2. The number of nitrogens with one attached hydrogen (secondary N) is 1. The summed E-state index contributed by atoms with van der Waals surface area (Å²) in [6.45, 7) is 4.66. The lowest BCUT2D eigenvalue weighted by atomic mass is 9.79. The van der Waals surface area contributed by atoms with E-state index in [9.17, 15) is 5.11 Å². The van der Waals surface area contributed by atoms with Gasteiger partial charge in [0.1, 0.15) is 0 Å². The van der Waals surface area contributed by atoms with E-state index in [1.807, 2.05) is 6.20 Å². The van der Waals surface area contributed by atoms with Crippen molar-refractivity contribution < 1.29 is 5.11 Å². The molecule has 0 saturated heterocycles. The third-order valence-corrected chi connectivity index (χ3v) is 4.08. The topological polar surface area (TPSA) is 41.0 Å². The summed E-state index contributed by atoms with van der Waals surface area (Å²) in [4.78, 5) is 3.04. The third kappa shape index (κ3) is 2.09. The van der Waals surface area contributed by atoms with E-state index in [2.05, 4.69) is 23.4 Å². The van der Waals surface area contributed by atoms with Gasteiger partial charge in [-0.2, -0.15) is 0 Å². The van der Waals surface area contributed by atoms with E-state index in [1.54, 1.807) is 0 Å². The number of imidazole rings is 1. The minimum Gasteiger partial charge on any atom is -0.390 e. The molecule has 90 valence electrons. The SMILES string of the molecule is CC1CCC(n2c(CO)c[nH]c2=S)C(C)C1. The van der Waals surface area contributed by atoms with Gasteiger partial charge in [0.05, 0.1) is 12.3 Å². The van der Waals surface area contributed by atoms with Crippen molar-refractivity contribution >= 4 is 12.2 Å². The number of aliphatic hydroxyl groups is 1. The van der Waals surface area contributed by atoms with Crippen molar-refractivity contribution in [1.29, 1.82) is 0 Å². The Kier molecular flexibility index (Phi) is 3.50. The summed E-state index contributed by atoms with van der Waals surface area (Å²) in [5.74, 6) is 1.45. The standard InChI is InChI=1S/C12H20N2OS/c1-8-3-4-11(9(2)5-8)14-10(7-15)6-13-12(14)16/h6,8-9,11,15H,3-5,7H2,1-2H3,(H,13,16). The summed E-state index contributed by atoms with van der Waals surface area (Å²) in [6.07, 6.45) is 5.50. The molecule has 0 spiro atoms. The maximum absolute atomic E-state index is 9.31. The fraction of sp³-hybridized carbons (Fsp3) is 0.750. The molecule has 1 saturated carbocycles. The van der Waals surface area contributed by atoms with Gasteiger partial charge in [0.2, 0.25) is 0 Å². The van der Waals surface area contributed by atoms with Crippen LogP contribution in [0.1, 0.15) is 44.8 Å². The Morgan fingerprint density at radius 2 is 2.25 bits per heavy atom. The van der Waals surface area contributed by atoms with Gasteiger partial charge in [0, 0.05) is 12.2 Å². The average Bonchev–Trinajstić information content (AvgIpc) is 2.60. The van der Waals surface area contributed by atoms with Crippen molar-refractivity contribution in [3.8, 4) is 0 Å². The van der Waals surface area contributed by atoms with E-state index in [0.29, 0.717) is 12.0 Å². The highest BCUT2D eigenvalue weighted by Crippen LogP contribution is 2.37. The van der Waals surface area contributed by atoms with E-state index < -0.39 is 0 Å². The summed E-state index contributed by atoms with van der Waals surface area (Å²) in [6, 6.07) is 0.456. The second-order valence-electron chi connectivity index (χ2n) is 5.08. The van der Waals surface area contributed by atoms with Crippen LogP contribution in [0.4, 0.5) is 0 Å². The molecule has 1 fully saturated rings. The number of H-pyrrole nitrogens is 1. The maximum atomic E-state index is 9.31. The van der Waals surface area contributed by atoms with Crippen molar-refractivity contribution in [2.24, 2.45) is 11.8 Å². The zero-order valence-electron chi connectivity index (χ0n) is 9.94. The normalized spacial score (nSPS) is 30.6. The van der Waals surface area contributed by atoms with Crippen molar-refractivity contribution in [3.05, 3.63) is 16.7 Å². The van der Waals surface area contributed by atoms with Gasteiger partial charge in [0.25, 0.3) is 0 Å². The van der Waals surface area contributed by atoms with Crippen LogP contribution in [0.2, 0.25) is 0 Å². The predicted octanol–water partition coefficient (Wildman–Crippen LogP) is 3.04. The molecule has 1 aromatic rings. The molecule has 2 rings (SSSR count). The van der Waals surface area contributed by atoms with Crippen molar-refractivity contribution in [3.63, 3.8) is 0 Å². The first-order valence-corrected chi connectivity index (χ1v) is 6.44. The number of hydrogen-bond acceptors (Lipinski definition) is 2. The smallest absolute Gasteiger partial charge is 0.177 e. The highest BCUT2D eigenvalue weighted by molar-refractivity contribution is 7.71. The number of aliphatic hydroxyl groups excluding tert-OH is 1. The molecule has 16 heavy (non-hydrogen) atoms. The molecular weight excluding hydrogens is 220 g/mol. The van der Waals surface area contributed by atoms with Crippen LogP contribution in [-0.2, 0) is 6.61 Å². The van der Waals surface area contributed by atoms with Crippen molar-refractivity contribution in [1.82, 2.24) is 9.55 Å². The van der Waals surface area contributed by atoms with Crippen LogP contribution >= 0.6 is 12.2 Å². The maximum Gasteiger partial charge on any atom is 0.177 e. The molecule has 1 heterocycles. The van der Waals surface area contributed by atoms with Crippen LogP contribution in [0.15, 0.2) is 6.20 Å². The highest BCUT2D eigenvalue weighted by Gasteiger charge is 2.28. The molecule has 1 aromatic heterocycles. The molecule has 0 aliphatic heterocycles. The van der Waals surface area contributed by atoms with Gasteiger partial charge < -0.3 is 14.7 Å². The second kappa shape index (κ2) is 4.72. The third-order valence-electron chi connectivity index (χ3n) is 3.77. The van der Waals surface area contributed by atoms with Crippen LogP contribution in [0.3, 0.4) is 0 Å². The summed E-state index contributed by atoms with van der Waals surface area (Å²) in [5, 5.41) is 9.31. The van der Waals surface area contributed by atoms with Gasteiger partial charge in [-0.25, -0.2) is 0 Å². The van der Waals surface area contributed by atoms with Gasteiger partial charge in [-0.3, -0.25) is 0 Å². The van der Waals surface area contributed by atoms with Crippen LogP contribution in [0, 0.1) is 16.6 Å². The van der Waals surface area contributed by atoms with Gasteiger partial charge in [-0.05, 0) is 43.3 Å². The van der Waals surface area contributed by atoms with Gasteiger partial charge in [-0.1, -0.05) is 13.8 Å². The van der Waals surface area contributed by atoms with Crippen LogP contribution in [-0.4, -0.2) is 14.7 Å². The molecule has 3 nitrogen and oxygen atoms in total. The van der Waals surface area contributed by atoms with Crippen molar-refractivity contribution in [2.45, 2.75) is 45.8 Å². The Bertz CT molecular complexity index is 409. The quantitative estimate of drug-likeness (QED) is 0.780. The summed E-state index contributed by atoms with van der Waals surface area (Å²) in [7, 11) is 0. The summed E-state index contributed by atoms with van der Waals surface area (Å²) in [5.41, 5.74) is 0.913. The zero-order valence-corrected chi connectivity index (χ0v) is 10.8. The molecule has 3 atom stereocenters. The first-order valence-electron chi connectivity index (χ1n) is 6.03. The predicted molar refractivity (Wildman–Crippen MR) is 66.8 cm³/mol. The lowest BCUT2D eigenvalue weighted by Gasteiger charge is -2.34. The summed E-state index contributed by atoms with van der Waals surface area (Å²) < 4.78 is 2.86. The van der Waals surface area contributed by atoms with Gasteiger partial charge in [-0.15, -0.1) is 0 Å². The Labute approximate surface area is 102 Å². The Morgan fingerprint density at radius 3 is 2.88 bits per heavy atom. The fourth-order valence-corrected chi connectivity index (χ4v) is 3.24. The molecule has 0 aromatic carbocycles. The van der Waals surface area contributed by atoms with Gasteiger partial charge in [0.15, 0.2) is 4.77 Å². The van der Waals surface area contributed by atoms with Crippen molar-refractivity contribution in [2.75, 3.05) is 0 Å². The minimum atomic E-state index is 0.0614. The number of aromatic nitrogens is 2. The number of aromatic amines is 1. The lowest BCUT2D eigenvalue weighted by molar-refractivity contribution is 0.191. The number of hydrogen-bond donors (Lipinski definition) is 2. The highest BCUT2D eigenvalue weighted by atomic mass is 32.1. The molecule has 1 aliphatic carbocycles. The van der Waals surface area contributed by atoms with E-state index in [-0.39, 0.29) is 6.61 Å². The zero-order chi connectivity index (χ0) is 11.7. The molecule has 1 aliphatic rings. The largest absolute Gasteiger partial charge is 0.390 e. The van der Waals surface area contributed by atoms with E-state index in [4.69, 9.17) is 12.2 Å². The minimum absolute atomic E-state index is 0.0614. The lowest BCUT2D eigenvalue weighted by Crippen LogP contribution is -2.26. The molecular formula is C12H20N2OS. The second-order valence-corrected chi connectivity index (χ2v) is 5.46. The van der Waals surface area contributed by atoms with Crippen LogP contribution in [0.5, 0.6) is 0 Å². The first-order chi connectivity index (χ1) is 7.63. The molecule has 0 bridgehead atoms. The molecule has 2 N–H and O–H groups in total. The Hall–Kier alpha value is -0.610. The van der Waals surface area contributed by atoms with Gasteiger partial charge >= 0.3 is 0 Å². The first kappa shape index (κ1) is 11.9. The monoisotopic (exact) mass is 240 g/mol. The molecule has 0 amide bonds. The number of nitrogens with zero attached hydrogens (tertiary/aromatic N) is 1. The molecule has 4 heteroatoms.